The zero-order valence-corrected chi connectivity index (χ0v) is 13.6. The molecule has 122 valence electrons. The van der Waals surface area contributed by atoms with Gasteiger partial charge in [0.25, 0.3) is 0 Å². The largest absolute Gasteiger partial charge is 0.444 e. The molecule has 0 heterocycles. The van der Waals surface area contributed by atoms with E-state index >= 15 is 0 Å². The van der Waals surface area contributed by atoms with Crippen molar-refractivity contribution >= 4 is 17.7 Å². The average molecular weight is 310 g/mol. The molecule has 0 saturated carbocycles. The SMILES string of the molecule is CC(C)[C@H](NC(=O)OC(C)(C)C)C(=O)Nc1ccccc1F. The van der Waals surface area contributed by atoms with E-state index in [4.69, 9.17) is 4.74 Å². The standard InChI is InChI=1S/C16H23FN2O3/c1-10(2)13(19-15(21)22-16(3,4)5)14(20)18-12-9-7-6-8-11(12)17/h6-10,13H,1-5H3,(H,18,20)(H,19,21)/t13-/m0/s1. The summed E-state index contributed by atoms with van der Waals surface area (Å²) >= 11 is 0. The van der Waals surface area contributed by atoms with Crippen LogP contribution in [0.4, 0.5) is 14.9 Å². The number of alkyl carbamates (subject to hydrolysis) is 1. The topological polar surface area (TPSA) is 67.4 Å². The van der Waals surface area contributed by atoms with Crippen LogP contribution in [0.15, 0.2) is 24.3 Å². The first-order valence-electron chi connectivity index (χ1n) is 7.15. The lowest BCUT2D eigenvalue weighted by atomic mass is 10.0. The van der Waals surface area contributed by atoms with Crippen molar-refractivity contribution in [3.05, 3.63) is 30.1 Å². The fourth-order valence-corrected chi connectivity index (χ4v) is 1.74. The van der Waals surface area contributed by atoms with Crippen molar-refractivity contribution in [2.24, 2.45) is 5.92 Å². The molecule has 0 aromatic heterocycles. The Balaban J connectivity index is 2.77. The molecule has 2 N–H and O–H groups in total. The second-order valence-corrected chi connectivity index (χ2v) is 6.34. The van der Waals surface area contributed by atoms with E-state index in [9.17, 15) is 14.0 Å². The highest BCUT2D eigenvalue weighted by Crippen LogP contribution is 2.15. The molecular formula is C16H23FN2O3. The van der Waals surface area contributed by atoms with E-state index in [0.717, 1.165) is 0 Å². The molecule has 0 bridgehead atoms. The van der Waals surface area contributed by atoms with Gasteiger partial charge in [-0.2, -0.15) is 0 Å². The monoisotopic (exact) mass is 310 g/mol. The molecule has 0 saturated heterocycles. The van der Waals surface area contributed by atoms with Crippen LogP contribution in [0.1, 0.15) is 34.6 Å². The van der Waals surface area contributed by atoms with E-state index in [2.05, 4.69) is 10.6 Å². The lowest BCUT2D eigenvalue weighted by Gasteiger charge is -2.25. The molecule has 1 aromatic carbocycles. The van der Waals surface area contributed by atoms with Gasteiger partial charge in [0, 0.05) is 0 Å². The Morgan fingerprint density at radius 2 is 1.77 bits per heavy atom. The third-order valence-electron chi connectivity index (χ3n) is 2.75. The maximum Gasteiger partial charge on any atom is 0.408 e. The van der Waals surface area contributed by atoms with Crippen LogP contribution in [-0.4, -0.2) is 23.6 Å². The number of para-hydroxylation sites is 1. The quantitative estimate of drug-likeness (QED) is 0.896. The lowest BCUT2D eigenvalue weighted by Crippen LogP contribution is -2.48. The van der Waals surface area contributed by atoms with Gasteiger partial charge in [-0.05, 0) is 38.8 Å². The van der Waals surface area contributed by atoms with Crippen molar-refractivity contribution in [3.8, 4) is 0 Å². The summed E-state index contributed by atoms with van der Waals surface area (Å²) in [5, 5.41) is 4.99. The summed E-state index contributed by atoms with van der Waals surface area (Å²) in [6, 6.07) is 5.03. The Morgan fingerprint density at radius 1 is 1.18 bits per heavy atom. The van der Waals surface area contributed by atoms with Gasteiger partial charge < -0.3 is 15.4 Å². The van der Waals surface area contributed by atoms with Gasteiger partial charge in [-0.15, -0.1) is 0 Å². The molecule has 1 atom stereocenters. The van der Waals surface area contributed by atoms with Gasteiger partial charge >= 0.3 is 6.09 Å². The predicted octanol–water partition coefficient (Wildman–Crippen LogP) is 3.31. The third kappa shape index (κ3) is 5.71. The molecule has 0 fully saturated rings. The molecular weight excluding hydrogens is 287 g/mol. The molecule has 22 heavy (non-hydrogen) atoms. The summed E-state index contributed by atoms with van der Waals surface area (Å²) < 4.78 is 18.7. The van der Waals surface area contributed by atoms with Crippen LogP contribution in [0, 0.1) is 11.7 Å². The molecule has 1 aromatic rings. The molecule has 0 radical (unpaired) electrons. The minimum absolute atomic E-state index is 0.0733. The number of ether oxygens (including phenoxy) is 1. The number of anilines is 1. The zero-order valence-electron chi connectivity index (χ0n) is 13.6. The van der Waals surface area contributed by atoms with Crippen LogP contribution < -0.4 is 10.6 Å². The van der Waals surface area contributed by atoms with Crippen molar-refractivity contribution in [2.75, 3.05) is 5.32 Å². The first kappa shape index (κ1) is 17.9. The number of rotatable bonds is 4. The molecule has 0 aliphatic carbocycles. The number of hydrogen-bond acceptors (Lipinski definition) is 3. The summed E-state index contributed by atoms with van der Waals surface area (Å²) in [5.74, 6) is -1.21. The van der Waals surface area contributed by atoms with Crippen LogP contribution in [0.3, 0.4) is 0 Å². The first-order valence-corrected chi connectivity index (χ1v) is 7.15. The van der Waals surface area contributed by atoms with Crippen LogP contribution >= 0.6 is 0 Å². The highest BCUT2D eigenvalue weighted by Gasteiger charge is 2.27. The molecule has 5 nitrogen and oxygen atoms in total. The molecule has 0 aliphatic heterocycles. The second-order valence-electron chi connectivity index (χ2n) is 6.34. The van der Waals surface area contributed by atoms with Crippen molar-refractivity contribution in [3.63, 3.8) is 0 Å². The van der Waals surface area contributed by atoms with Crippen molar-refractivity contribution < 1.29 is 18.7 Å². The van der Waals surface area contributed by atoms with E-state index in [-0.39, 0.29) is 11.6 Å². The highest BCUT2D eigenvalue weighted by atomic mass is 19.1. The van der Waals surface area contributed by atoms with Gasteiger partial charge in [0.2, 0.25) is 5.91 Å². The number of amides is 2. The van der Waals surface area contributed by atoms with Crippen LogP contribution in [0.25, 0.3) is 0 Å². The van der Waals surface area contributed by atoms with Gasteiger partial charge in [-0.3, -0.25) is 4.79 Å². The summed E-state index contributed by atoms with van der Waals surface area (Å²) in [4.78, 5) is 24.1. The maximum atomic E-state index is 13.6. The number of hydrogen-bond donors (Lipinski definition) is 2. The minimum Gasteiger partial charge on any atom is -0.444 e. The fourth-order valence-electron chi connectivity index (χ4n) is 1.74. The van der Waals surface area contributed by atoms with Crippen LogP contribution in [0.2, 0.25) is 0 Å². The Morgan fingerprint density at radius 3 is 2.27 bits per heavy atom. The maximum absolute atomic E-state index is 13.6. The molecule has 1 rings (SSSR count). The zero-order chi connectivity index (χ0) is 16.9. The van der Waals surface area contributed by atoms with E-state index in [1.807, 2.05) is 0 Å². The fraction of sp³-hybridized carbons (Fsp3) is 0.500. The number of benzene rings is 1. The highest BCUT2D eigenvalue weighted by molar-refractivity contribution is 5.96. The Kier molecular flexibility index (Phi) is 5.91. The summed E-state index contributed by atoms with van der Waals surface area (Å²) in [7, 11) is 0. The molecule has 2 amide bonds. The summed E-state index contributed by atoms with van der Waals surface area (Å²) in [6.07, 6.45) is -0.685. The van der Waals surface area contributed by atoms with Gasteiger partial charge in [0.1, 0.15) is 17.5 Å². The van der Waals surface area contributed by atoms with E-state index in [0.29, 0.717) is 0 Å². The number of carbonyl (C=O) groups is 2. The van der Waals surface area contributed by atoms with Crippen molar-refractivity contribution in [1.29, 1.82) is 0 Å². The molecule has 6 heteroatoms. The summed E-state index contributed by atoms with van der Waals surface area (Å²) in [5.41, 5.74) is -0.586. The Labute approximate surface area is 130 Å². The Bertz CT molecular complexity index is 538. The van der Waals surface area contributed by atoms with Crippen molar-refractivity contribution in [2.45, 2.75) is 46.3 Å². The van der Waals surface area contributed by atoms with Gasteiger partial charge in [0.15, 0.2) is 0 Å². The van der Waals surface area contributed by atoms with Gasteiger partial charge in [-0.1, -0.05) is 26.0 Å². The Hall–Kier alpha value is -2.11. The average Bonchev–Trinajstić information content (AvgIpc) is 2.36. The minimum atomic E-state index is -0.825. The van der Waals surface area contributed by atoms with E-state index in [1.54, 1.807) is 40.7 Å². The van der Waals surface area contributed by atoms with E-state index < -0.39 is 29.5 Å². The number of nitrogens with one attached hydrogen (secondary N) is 2. The molecule has 0 aliphatic rings. The molecule has 0 unspecified atom stereocenters. The number of halogens is 1. The van der Waals surface area contributed by atoms with Crippen LogP contribution in [0.5, 0.6) is 0 Å². The summed E-state index contributed by atoms with van der Waals surface area (Å²) in [6.45, 7) is 8.76. The normalized spacial score (nSPS) is 12.7. The van der Waals surface area contributed by atoms with Gasteiger partial charge in [-0.25, -0.2) is 9.18 Å². The van der Waals surface area contributed by atoms with Crippen molar-refractivity contribution in [1.82, 2.24) is 5.32 Å². The third-order valence-corrected chi connectivity index (χ3v) is 2.75. The molecule has 0 spiro atoms. The smallest absolute Gasteiger partial charge is 0.408 e. The first-order chi connectivity index (χ1) is 10.1. The second kappa shape index (κ2) is 7.24. The predicted molar refractivity (Wildman–Crippen MR) is 83.0 cm³/mol. The van der Waals surface area contributed by atoms with Gasteiger partial charge in [0.05, 0.1) is 5.69 Å². The van der Waals surface area contributed by atoms with E-state index in [1.165, 1.54) is 18.2 Å². The number of carbonyl (C=O) groups excluding carboxylic acids is 2. The van der Waals surface area contributed by atoms with Crippen LogP contribution in [-0.2, 0) is 9.53 Å². The lowest BCUT2D eigenvalue weighted by molar-refractivity contribution is -0.119.